The lowest BCUT2D eigenvalue weighted by atomic mass is 9.96. The highest BCUT2D eigenvalue weighted by Crippen LogP contribution is 2.28. The molecule has 2 aromatic carbocycles. The summed E-state index contributed by atoms with van der Waals surface area (Å²) in [5.74, 6) is 0.351. The van der Waals surface area contributed by atoms with Gasteiger partial charge in [0.05, 0.1) is 7.11 Å². The van der Waals surface area contributed by atoms with Crippen molar-refractivity contribution in [3.05, 3.63) is 59.7 Å². The van der Waals surface area contributed by atoms with Gasteiger partial charge < -0.3 is 19.9 Å². The number of para-hydroxylation sites is 1. The molecule has 6 heteroatoms. The van der Waals surface area contributed by atoms with Crippen LogP contribution in [0.4, 0.5) is 0 Å². The van der Waals surface area contributed by atoms with Gasteiger partial charge in [-0.2, -0.15) is 0 Å². The van der Waals surface area contributed by atoms with Crippen molar-refractivity contribution in [2.45, 2.75) is 25.7 Å². The van der Waals surface area contributed by atoms with Crippen molar-refractivity contribution in [2.75, 3.05) is 20.3 Å². The van der Waals surface area contributed by atoms with Crippen LogP contribution in [0.1, 0.15) is 30.4 Å². The van der Waals surface area contributed by atoms with Crippen LogP contribution in [0.15, 0.2) is 48.5 Å². The number of carbonyl (C=O) groups excluding carboxylic acids is 1. The molecule has 2 rings (SSSR count). The van der Waals surface area contributed by atoms with Gasteiger partial charge in [-0.3, -0.25) is 4.79 Å². The van der Waals surface area contributed by atoms with Gasteiger partial charge in [0.25, 0.3) is 0 Å². The lowest BCUT2D eigenvalue weighted by Gasteiger charge is -2.15. The van der Waals surface area contributed by atoms with Crippen LogP contribution in [0.25, 0.3) is 0 Å². The van der Waals surface area contributed by atoms with Crippen LogP contribution in [-0.4, -0.2) is 37.2 Å². The standard InChI is InChI=1S/C21H25NO5/c1-15(18-5-3-4-6-19(18)26-2)13-20(23)22-12-11-16-7-9-17(10-8-16)27-14-21(24)25/h3-10,15H,11-14H2,1-2H3,(H,22,23)(H,24,25). The number of carbonyl (C=O) groups is 2. The molecule has 6 nitrogen and oxygen atoms in total. The smallest absolute Gasteiger partial charge is 0.341 e. The number of rotatable bonds is 10. The second-order valence-corrected chi connectivity index (χ2v) is 6.27. The summed E-state index contributed by atoms with van der Waals surface area (Å²) >= 11 is 0. The Kier molecular flexibility index (Phi) is 7.67. The molecule has 27 heavy (non-hydrogen) atoms. The van der Waals surface area contributed by atoms with Crippen LogP contribution in [-0.2, 0) is 16.0 Å². The first kappa shape index (κ1) is 20.3. The average Bonchev–Trinajstić information content (AvgIpc) is 2.67. The van der Waals surface area contributed by atoms with Gasteiger partial charge in [0, 0.05) is 13.0 Å². The minimum Gasteiger partial charge on any atom is -0.496 e. The van der Waals surface area contributed by atoms with E-state index in [0.29, 0.717) is 25.1 Å². The van der Waals surface area contributed by atoms with Gasteiger partial charge in [0.15, 0.2) is 6.61 Å². The Balaban J connectivity index is 1.76. The summed E-state index contributed by atoms with van der Waals surface area (Å²) in [4.78, 5) is 22.7. The lowest BCUT2D eigenvalue weighted by molar-refractivity contribution is -0.139. The Morgan fingerprint density at radius 2 is 1.81 bits per heavy atom. The first-order valence-electron chi connectivity index (χ1n) is 8.82. The van der Waals surface area contributed by atoms with Crippen molar-refractivity contribution >= 4 is 11.9 Å². The molecule has 0 aromatic heterocycles. The Morgan fingerprint density at radius 3 is 2.48 bits per heavy atom. The van der Waals surface area contributed by atoms with E-state index in [1.807, 2.05) is 43.3 Å². The summed E-state index contributed by atoms with van der Waals surface area (Å²) in [6.45, 7) is 2.18. The van der Waals surface area contributed by atoms with E-state index in [0.717, 1.165) is 16.9 Å². The third kappa shape index (κ3) is 6.66. The molecule has 0 radical (unpaired) electrons. The van der Waals surface area contributed by atoms with E-state index in [1.165, 1.54) is 0 Å². The van der Waals surface area contributed by atoms with Crippen LogP contribution in [0.3, 0.4) is 0 Å². The SMILES string of the molecule is COc1ccccc1C(C)CC(=O)NCCc1ccc(OCC(=O)O)cc1. The summed E-state index contributed by atoms with van der Waals surface area (Å²) in [6.07, 6.45) is 1.08. The Morgan fingerprint density at radius 1 is 1.11 bits per heavy atom. The molecule has 0 spiro atoms. The molecule has 0 fully saturated rings. The first-order chi connectivity index (χ1) is 13.0. The molecule has 0 bridgehead atoms. The van der Waals surface area contributed by atoms with Crippen molar-refractivity contribution in [1.82, 2.24) is 5.32 Å². The molecule has 0 saturated carbocycles. The number of amides is 1. The molecule has 0 aliphatic carbocycles. The highest BCUT2D eigenvalue weighted by atomic mass is 16.5. The number of methoxy groups -OCH3 is 1. The summed E-state index contributed by atoms with van der Waals surface area (Å²) in [5.41, 5.74) is 2.06. The molecule has 0 heterocycles. The number of carboxylic acids is 1. The maximum absolute atomic E-state index is 12.2. The van der Waals surface area contributed by atoms with Gasteiger partial charge in [-0.05, 0) is 41.7 Å². The zero-order valence-electron chi connectivity index (χ0n) is 15.6. The van der Waals surface area contributed by atoms with Crippen molar-refractivity contribution in [3.8, 4) is 11.5 Å². The van der Waals surface area contributed by atoms with Crippen LogP contribution in [0.2, 0.25) is 0 Å². The average molecular weight is 371 g/mol. The summed E-state index contributed by atoms with van der Waals surface area (Å²) in [5, 5.41) is 11.5. The topological polar surface area (TPSA) is 84.9 Å². The van der Waals surface area contributed by atoms with E-state index in [2.05, 4.69) is 5.32 Å². The van der Waals surface area contributed by atoms with E-state index in [9.17, 15) is 9.59 Å². The molecule has 0 aliphatic heterocycles. The van der Waals surface area contributed by atoms with E-state index in [1.54, 1.807) is 19.2 Å². The van der Waals surface area contributed by atoms with Crippen LogP contribution in [0.5, 0.6) is 11.5 Å². The fourth-order valence-electron chi connectivity index (χ4n) is 2.78. The number of aliphatic carboxylic acids is 1. The van der Waals surface area contributed by atoms with Crippen LogP contribution < -0.4 is 14.8 Å². The maximum atomic E-state index is 12.2. The Labute approximate surface area is 159 Å². The van der Waals surface area contributed by atoms with Gasteiger partial charge in [0.2, 0.25) is 5.91 Å². The van der Waals surface area contributed by atoms with Gasteiger partial charge in [-0.1, -0.05) is 37.3 Å². The van der Waals surface area contributed by atoms with Crippen LogP contribution in [0, 0.1) is 0 Å². The number of hydrogen-bond donors (Lipinski definition) is 2. The third-order valence-corrected chi connectivity index (χ3v) is 4.18. The van der Waals surface area contributed by atoms with Gasteiger partial charge in [-0.25, -0.2) is 4.79 Å². The maximum Gasteiger partial charge on any atom is 0.341 e. The quantitative estimate of drug-likeness (QED) is 0.671. The molecule has 1 atom stereocenters. The van der Waals surface area contributed by atoms with Crippen molar-refractivity contribution in [3.63, 3.8) is 0 Å². The second kappa shape index (κ2) is 10.2. The fraction of sp³-hybridized carbons (Fsp3) is 0.333. The monoisotopic (exact) mass is 371 g/mol. The largest absolute Gasteiger partial charge is 0.496 e. The number of benzene rings is 2. The molecule has 0 saturated heterocycles. The van der Waals surface area contributed by atoms with E-state index in [4.69, 9.17) is 14.6 Å². The van der Waals surface area contributed by atoms with Crippen molar-refractivity contribution in [1.29, 1.82) is 0 Å². The third-order valence-electron chi connectivity index (χ3n) is 4.18. The Hall–Kier alpha value is -3.02. The van der Waals surface area contributed by atoms with Gasteiger partial charge >= 0.3 is 5.97 Å². The summed E-state index contributed by atoms with van der Waals surface area (Å²) < 4.78 is 10.4. The Bertz CT molecular complexity index is 757. The number of nitrogens with one attached hydrogen (secondary N) is 1. The first-order valence-corrected chi connectivity index (χ1v) is 8.82. The van der Waals surface area contributed by atoms with Gasteiger partial charge in [-0.15, -0.1) is 0 Å². The van der Waals surface area contributed by atoms with Crippen LogP contribution >= 0.6 is 0 Å². The zero-order valence-corrected chi connectivity index (χ0v) is 15.6. The predicted molar refractivity (Wildman–Crippen MR) is 102 cm³/mol. The van der Waals surface area contributed by atoms with E-state index >= 15 is 0 Å². The zero-order chi connectivity index (χ0) is 19.6. The lowest BCUT2D eigenvalue weighted by Crippen LogP contribution is -2.26. The normalized spacial score (nSPS) is 11.5. The predicted octanol–water partition coefficient (Wildman–Crippen LogP) is 3.01. The minimum atomic E-state index is -1.01. The number of carboxylic acid groups (broad SMARTS) is 1. The van der Waals surface area contributed by atoms with Crippen molar-refractivity contribution in [2.24, 2.45) is 0 Å². The molecule has 2 N–H and O–H groups in total. The number of hydrogen-bond acceptors (Lipinski definition) is 4. The second-order valence-electron chi connectivity index (χ2n) is 6.27. The molecule has 144 valence electrons. The molecule has 0 aliphatic rings. The van der Waals surface area contributed by atoms with Crippen molar-refractivity contribution < 1.29 is 24.2 Å². The summed E-state index contributed by atoms with van der Waals surface area (Å²) in [6, 6.07) is 14.9. The van der Waals surface area contributed by atoms with E-state index < -0.39 is 5.97 Å². The molecule has 2 aromatic rings. The highest BCUT2D eigenvalue weighted by Gasteiger charge is 2.14. The molecular formula is C21H25NO5. The van der Waals surface area contributed by atoms with Gasteiger partial charge in [0.1, 0.15) is 11.5 Å². The fourth-order valence-corrected chi connectivity index (χ4v) is 2.78. The molecular weight excluding hydrogens is 346 g/mol. The number of ether oxygens (including phenoxy) is 2. The molecule has 1 amide bonds. The highest BCUT2D eigenvalue weighted by molar-refractivity contribution is 5.77. The molecule has 1 unspecified atom stereocenters. The minimum absolute atomic E-state index is 0.00480. The van der Waals surface area contributed by atoms with E-state index in [-0.39, 0.29) is 18.4 Å². The summed E-state index contributed by atoms with van der Waals surface area (Å²) in [7, 11) is 1.63.